The highest BCUT2D eigenvalue weighted by Crippen LogP contribution is 2.20. The van der Waals surface area contributed by atoms with Gasteiger partial charge in [-0.3, -0.25) is 0 Å². The molecular formula is C12H13ClO2S. The van der Waals surface area contributed by atoms with Gasteiger partial charge in [-0.2, -0.15) is 11.8 Å². The van der Waals surface area contributed by atoms with E-state index in [1.165, 1.54) is 0 Å². The maximum Gasteiger partial charge on any atom is 0.330 e. The van der Waals surface area contributed by atoms with Gasteiger partial charge >= 0.3 is 5.97 Å². The van der Waals surface area contributed by atoms with Crippen LogP contribution in [0.4, 0.5) is 0 Å². The molecule has 1 aromatic carbocycles. The average Bonchev–Trinajstić information content (AvgIpc) is 2.26. The summed E-state index contributed by atoms with van der Waals surface area (Å²) >= 11 is 7.64. The molecule has 0 aliphatic carbocycles. The van der Waals surface area contributed by atoms with Gasteiger partial charge < -0.3 is 5.11 Å². The third-order valence-corrected chi connectivity index (χ3v) is 3.35. The Labute approximate surface area is 104 Å². The Morgan fingerprint density at radius 1 is 1.50 bits per heavy atom. The van der Waals surface area contributed by atoms with Gasteiger partial charge in [-0.05, 0) is 18.6 Å². The lowest BCUT2D eigenvalue weighted by atomic mass is 10.2. The van der Waals surface area contributed by atoms with Crippen LogP contribution in [0.2, 0.25) is 5.02 Å². The SMILES string of the molecule is C/C(=C/CSCc1ccccc1Cl)C(=O)O. The van der Waals surface area contributed by atoms with Crippen LogP contribution in [-0.2, 0) is 10.5 Å². The lowest BCUT2D eigenvalue weighted by Crippen LogP contribution is -1.96. The standard InChI is InChI=1S/C12H13ClO2S/c1-9(12(14)15)6-7-16-8-10-4-2-3-5-11(10)13/h2-6H,7-8H2,1H3,(H,14,15)/b9-6-. The van der Waals surface area contributed by atoms with Crippen molar-refractivity contribution >= 4 is 29.3 Å². The second-order valence-corrected chi connectivity index (χ2v) is 4.74. The normalized spacial score (nSPS) is 11.5. The molecule has 1 N–H and O–H groups in total. The molecule has 0 heterocycles. The van der Waals surface area contributed by atoms with E-state index in [9.17, 15) is 4.79 Å². The van der Waals surface area contributed by atoms with Crippen LogP contribution in [0.5, 0.6) is 0 Å². The number of rotatable bonds is 5. The molecule has 0 spiro atoms. The Bertz CT molecular complexity index is 402. The Balaban J connectivity index is 2.40. The number of benzene rings is 1. The first-order chi connectivity index (χ1) is 7.61. The second kappa shape index (κ2) is 6.61. The molecule has 0 aliphatic rings. The highest BCUT2D eigenvalue weighted by atomic mass is 35.5. The van der Waals surface area contributed by atoms with E-state index in [4.69, 9.17) is 16.7 Å². The largest absolute Gasteiger partial charge is 0.478 e. The van der Waals surface area contributed by atoms with Crippen LogP contribution < -0.4 is 0 Å². The molecule has 0 radical (unpaired) electrons. The van der Waals surface area contributed by atoms with E-state index >= 15 is 0 Å². The van der Waals surface area contributed by atoms with E-state index in [0.29, 0.717) is 11.3 Å². The zero-order valence-electron chi connectivity index (χ0n) is 8.94. The topological polar surface area (TPSA) is 37.3 Å². The van der Waals surface area contributed by atoms with Gasteiger partial charge in [-0.15, -0.1) is 0 Å². The minimum Gasteiger partial charge on any atom is -0.478 e. The predicted molar refractivity (Wildman–Crippen MR) is 69.0 cm³/mol. The summed E-state index contributed by atoms with van der Waals surface area (Å²) in [5.74, 6) is 0.616. The predicted octanol–water partition coefficient (Wildman–Crippen LogP) is 3.60. The Morgan fingerprint density at radius 3 is 2.81 bits per heavy atom. The van der Waals surface area contributed by atoms with Gasteiger partial charge in [0.15, 0.2) is 0 Å². The third-order valence-electron chi connectivity index (χ3n) is 2.06. The van der Waals surface area contributed by atoms with Gasteiger partial charge in [0.25, 0.3) is 0 Å². The summed E-state index contributed by atoms with van der Waals surface area (Å²) in [7, 11) is 0. The third kappa shape index (κ3) is 4.29. The quantitative estimate of drug-likeness (QED) is 0.646. The molecule has 0 saturated carbocycles. The summed E-state index contributed by atoms with van der Waals surface area (Å²) in [6, 6.07) is 7.67. The van der Waals surface area contributed by atoms with Crippen molar-refractivity contribution in [2.24, 2.45) is 0 Å². The summed E-state index contributed by atoms with van der Waals surface area (Å²) in [5.41, 5.74) is 1.46. The van der Waals surface area contributed by atoms with Crippen LogP contribution in [0.1, 0.15) is 12.5 Å². The smallest absolute Gasteiger partial charge is 0.330 e. The number of hydrogen-bond donors (Lipinski definition) is 1. The first-order valence-corrected chi connectivity index (χ1v) is 6.35. The van der Waals surface area contributed by atoms with Crippen LogP contribution in [-0.4, -0.2) is 16.8 Å². The van der Waals surface area contributed by atoms with Crippen LogP contribution in [0.3, 0.4) is 0 Å². The molecule has 0 fully saturated rings. The highest BCUT2D eigenvalue weighted by Gasteiger charge is 2.00. The van der Waals surface area contributed by atoms with E-state index in [0.717, 1.165) is 16.3 Å². The summed E-state index contributed by atoms with van der Waals surface area (Å²) in [4.78, 5) is 10.5. The van der Waals surface area contributed by atoms with Crippen LogP contribution >= 0.6 is 23.4 Å². The first-order valence-electron chi connectivity index (χ1n) is 4.82. The van der Waals surface area contributed by atoms with Crippen LogP contribution in [0.15, 0.2) is 35.9 Å². The molecule has 0 unspecified atom stereocenters. The number of carboxylic acids is 1. The molecule has 0 aliphatic heterocycles. The Morgan fingerprint density at radius 2 is 2.19 bits per heavy atom. The van der Waals surface area contributed by atoms with E-state index in [1.807, 2.05) is 24.3 Å². The zero-order valence-corrected chi connectivity index (χ0v) is 10.5. The van der Waals surface area contributed by atoms with Crippen LogP contribution in [0, 0.1) is 0 Å². The average molecular weight is 257 g/mol. The molecule has 0 saturated heterocycles. The minimum absolute atomic E-state index is 0.381. The number of halogens is 1. The molecule has 0 amide bonds. The summed E-state index contributed by atoms with van der Waals surface area (Å²) < 4.78 is 0. The fourth-order valence-electron chi connectivity index (χ4n) is 1.06. The number of carboxylic acid groups (broad SMARTS) is 1. The van der Waals surface area contributed by atoms with E-state index in [-0.39, 0.29) is 0 Å². The summed E-state index contributed by atoms with van der Waals surface area (Å²) in [5, 5.41) is 9.40. The maximum absolute atomic E-state index is 10.5. The lowest BCUT2D eigenvalue weighted by Gasteiger charge is -2.02. The van der Waals surface area contributed by atoms with Crippen LogP contribution in [0.25, 0.3) is 0 Å². The fraction of sp³-hybridized carbons (Fsp3) is 0.250. The van der Waals surface area contributed by atoms with Gasteiger partial charge in [0.2, 0.25) is 0 Å². The van der Waals surface area contributed by atoms with E-state index in [2.05, 4.69) is 0 Å². The van der Waals surface area contributed by atoms with Crippen molar-refractivity contribution in [3.8, 4) is 0 Å². The molecule has 16 heavy (non-hydrogen) atoms. The number of aliphatic carboxylic acids is 1. The lowest BCUT2D eigenvalue weighted by molar-refractivity contribution is -0.132. The first kappa shape index (κ1) is 13.1. The Hall–Kier alpha value is -0.930. The summed E-state index contributed by atoms with van der Waals surface area (Å²) in [6.07, 6.45) is 1.71. The molecule has 0 aromatic heterocycles. The fourth-order valence-corrected chi connectivity index (χ4v) is 2.29. The number of thioether (sulfide) groups is 1. The number of hydrogen-bond acceptors (Lipinski definition) is 2. The van der Waals surface area contributed by atoms with Crippen molar-refractivity contribution < 1.29 is 9.90 Å². The molecule has 0 bridgehead atoms. The maximum atomic E-state index is 10.5. The molecule has 4 heteroatoms. The van der Waals surface area contributed by atoms with Gasteiger partial charge in [-0.1, -0.05) is 35.9 Å². The van der Waals surface area contributed by atoms with Gasteiger partial charge in [0, 0.05) is 22.1 Å². The van der Waals surface area contributed by atoms with E-state index in [1.54, 1.807) is 24.8 Å². The van der Waals surface area contributed by atoms with Gasteiger partial charge in [0.1, 0.15) is 0 Å². The van der Waals surface area contributed by atoms with Crippen molar-refractivity contribution in [2.75, 3.05) is 5.75 Å². The molecular weight excluding hydrogens is 244 g/mol. The molecule has 2 nitrogen and oxygen atoms in total. The number of carbonyl (C=O) groups is 1. The second-order valence-electron chi connectivity index (χ2n) is 3.30. The van der Waals surface area contributed by atoms with Crippen molar-refractivity contribution in [2.45, 2.75) is 12.7 Å². The molecule has 0 atom stereocenters. The molecule has 86 valence electrons. The van der Waals surface area contributed by atoms with E-state index < -0.39 is 5.97 Å². The monoisotopic (exact) mass is 256 g/mol. The molecule has 1 aromatic rings. The minimum atomic E-state index is -0.863. The highest BCUT2D eigenvalue weighted by molar-refractivity contribution is 7.98. The van der Waals surface area contributed by atoms with Crippen molar-refractivity contribution in [3.63, 3.8) is 0 Å². The van der Waals surface area contributed by atoms with Gasteiger partial charge in [0.05, 0.1) is 0 Å². The molecule has 1 rings (SSSR count). The zero-order chi connectivity index (χ0) is 12.0. The van der Waals surface area contributed by atoms with Gasteiger partial charge in [-0.25, -0.2) is 4.79 Å². The summed E-state index contributed by atoms with van der Waals surface area (Å²) in [6.45, 7) is 1.60. The van der Waals surface area contributed by atoms with Crippen molar-refractivity contribution in [1.29, 1.82) is 0 Å². The van der Waals surface area contributed by atoms with Crippen molar-refractivity contribution in [1.82, 2.24) is 0 Å². The van der Waals surface area contributed by atoms with Crippen molar-refractivity contribution in [3.05, 3.63) is 46.5 Å². The Kier molecular flexibility index (Phi) is 5.43.